The molecule has 1 atom stereocenters. The van der Waals surface area contributed by atoms with Crippen molar-refractivity contribution >= 4 is 0 Å². The van der Waals surface area contributed by atoms with E-state index in [1.807, 2.05) is 26.2 Å². The highest BCUT2D eigenvalue weighted by molar-refractivity contribution is 5.52. The normalized spacial score (nSPS) is 12.3. The Hall–Kier alpha value is -1.50. The van der Waals surface area contributed by atoms with E-state index in [1.165, 1.54) is 0 Å². The minimum atomic E-state index is -0.000272. The van der Waals surface area contributed by atoms with Crippen molar-refractivity contribution in [2.75, 3.05) is 55.1 Å². The minimum absolute atomic E-state index is 0.000272. The molecular weight excluding hydrogens is 270 g/mol. The van der Waals surface area contributed by atoms with Crippen LogP contribution in [0.2, 0.25) is 0 Å². The van der Waals surface area contributed by atoms with Gasteiger partial charge in [0.25, 0.3) is 0 Å². The lowest BCUT2D eigenvalue weighted by atomic mass is 10.0. The molecule has 0 radical (unpaired) electrons. The highest BCUT2D eigenvalue weighted by Crippen LogP contribution is 2.37. The van der Waals surface area contributed by atoms with Crippen LogP contribution in [0, 0.1) is 0 Å². The van der Waals surface area contributed by atoms with Crippen LogP contribution in [0.4, 0.5) is 0 Å². The van der Waals surface area contributed by atoms with Crippen molar-refractivity contribution in [2.24, 2.45) is 5.73 Å². The van der Waals surface area contributed by atoms with Crippen molar-refractivity contribution in [2.45, 2.75) is 6.04 Å². The molecule has 0 spiro atoms. The molecule has 0 fully saturated rings. The second-order valence-electron chi connectivity index (χ2n) is 4.99. The number of hydrogen-bond donors (Lipinski definition) is 2. The predicted octanol–water partition coefficient (Wildman–Crippen LogP) is 0.863. The summed E-state index contributed by atoms with van der Waals surface area (Å²) in [6.45, 7) is 2.25. The molecule has 1 rings (SSSR count). The third-order valence-corrected chi connectivity index (χ3v) is 3.30. The number of ether oxygens (including phenoxy) is 3. The van der Waals surface area contributed by atoms with Crippen LogP contribution < -0.4 is 25.3 Å². The third-order valence-electron chi connectivity index (χ3n) is 3.30. The van der Waals surface area contributed by atoms with E-state index in [-0.39, 0.29) is 6.04 Å². The van der Waals surface area contributed by atoms with Crippen molar-refractivity contribution in [3.05, 3.63) is 17.7 Å². The van der Waals surface area contributed by atoms with E-state index in [2.05, 4.69) is 10.2 Å². The number of nitrogens with two attached hydrogens (primary N) is 1. The summed E-state index contributed by atoms with van der Waals surface area (Å²) < 4.78 is 16.1. The molecule has 0 saturated carbocycles. The van der Waals surface area contributed by atoms with Crippen molar-refractivity contribution in [1.29, 1.82) is 0 Å². The van der Waals surface area contributed by atoms with Crippen molar-refractivity contribution in [3.63, 3.8) is 0 Å². The van der Waals surface area contributed by atoms with Gasteiger partial charge in [-0.3, -0.25) is 0 Å². The van der Waals surface area contributed by atoms with Crippen LogP contribution in [-0.4, -0.2) is 60.0 Å². The molecule has 0 saturated heterocycles. The van der Waals surface area contributed by atoms with E-state index in [9.17, 15) is 0 Å². The summed E-state index contributed by atoms with van der Waals surface area (Å²) in [5.74, 6) is 2.05. The quantitative estimate of drug-likeness (QED) is 0.705. The first kappa shape index (κ1) is 17.6. The first-order valence-corrected chi connectivity index (χ1v) is 6.95. The number of methoxy groups -OCH3 is 3. The summed E-state index contributed by atoms with van der Waals surface area (Å²) in [6.07, 6.45) is 0. The van der Waals surface area contributed by atoms with Gasteiger partial charge in [0, 0.05) is 37.3 Å². The zero-order valence-corrected chi connectivity index (χ0v) is 13.6. The maximum atomic E-state index is 5.90. The Bertz CT molecular complexity index is 438. The summed E-state index contributed by atoms with van der Waals surface area (Å²) in [6, 6.07) is 3.74. The van der Waals surface area contributed by atoms with Crippen LogP contribution in [0.25, 0.3) is 0 Å². The summed E-state index contributed by atoms with van der Waals surface area (Å²) in [7, 11) is 8.93. The molecule has 0 aliphatic heterocycles. The van der Waals surface area contributed by atoms with Crippen LogP contribution in [0.3, 0.4) is 0 Å². The number of nitrogens with one attached hydrogen (secondary N) is 1. The van der Waals surface area contributed by atoms with E-state index in [0.29, 0.717) is 18.0 Å². The van der Waals surface area contributed by atoms with Crippen LogP contribution in [0.5, 0.6) is 17.2 Å². The SMILES string of the molecule is COc1cc(OC)c(C(CN)NCCN(C)C)cc1OC. The maximum absolute atomic E-state index is 5.90. The monoisotopic (exact) mass is 297 g/mol. The van der Waals surface area contributed by atoms with Gasteiger partial charge in [-0.2, -0.15) is 0 Å². The van der Waals surface area contributed by atoms with Crippen LogP contribution in [0.15, 0.2) is 12.1 Å². The molecule has 1 aromatic rings. The lowest BCUT2D eigenvalue weighted by Crippen LogP contribution is -2.33. The summed E-state index contributed by atoms with van der Waals surface area (Å²) >= 11 is 0. The van der Waals surface area contributed by atoms with Gasteiger partial charge >= 0.3 is 0 Å². The average Bonchev–Trinajstić information content (AvgIpc) is 2.50. The molecule has 0 heterocycles. The predicted molar refractivity (Wildman–Crippen MR) is 84.5 cm³/mol. The Kier molecular flexibility index (Phi) is 7.28. The van der Waals surface area contributed by atoms with Gasteiger partial charge in [-0.1, -0.05) is 0 Å². The van der Waals surface area contributed by atoms with Crippen molar-refractivity contribution in [1.82, 2.24) is 10.2 Å². The molecule has 0 bridgehead atoms. The molecule has 120 valence electrons. The molecule has 0 aliphatic carbocycles. The molecule has 0 aliphatic rings. The summed E-state index contributed by atoms with van der Waals surface area (Å²) in [5.41, 5.74) is 6.87. The second kappa shape index (κ2) is 8.71. The topological polar surface area (TPSA) is 69.0 Å². The fourth-order valence-corrected chi connectivity index (χ4v) is 2.11. The number of rotatable bonds is 9. The molecule has 0 amide bonds. The molecule has 0 aromatic heterocycles. The standard InChI is InChI=1S/C15H27N3O3/c1-18(2)7-6-17-12(10-16)11-8-14(20-4)15(21-5)9-13(11)19-3/h8-9,12,17H,6-7,10,16H2,1-5H3. The molecule has 1 aromatic carbocycles. The number of likely N-dealkylation sites (N-methyl/N-ethyl adjacent to an activating group) is 1. The van der Waals surface area contributed by atoms with E-state index in [0.717, 1.165) is 24.4 Å². The number of nitrogens with zero attached hydrogens (tertiary/aromatic N) is 1. The average molecular weight is 297 g/mol. The van der Waals surface area contributed by atoms with Gasteiger partial charge in [-0.25, -0.2) is 0 Å². The fourth-order valence-electron chi connectivity index (χ4n) is 2.11. The molecule has 1 unspecified atom stereocenters. The van der Waals surface area contributed by atoms with Crippen molar-refractivity contribution < 1.29 is 14.2 Å². The van der Waals surface area contributed by atoms with Gasteiger partial charge in [-0.15, -0.1) is 0 Å². The second-order valence-corrected chi connectivity index (χ2v) is 4.99. The van der Waals surface area contributed by atoms with Gasteiger partial charge in [0.1, 0.15) is 5.75 Å². The zero-order chi connectivity index (χ0) is 15.8. The van der Waals surface area contributed by atoms with Crippen molar-refractivity contribution in [3.8, 4) is 17.2 Å². The fraction of sp³-hybridized carbons (Fsp3) is 0.600. The Morgan fingerprint density at radius 3 is 2.10 bits per heavy atom. The zero-order valence-electron chi connectivity index (χ0n) is 13.6. The van der Waals surface area contributed by atoms with E-state index in [4.69, 9.17) is 19.9 Å². The summed E-state index contributed by atoms with van der Waals surface area (Å²) in [5, 5.41) is 3.44. The smallest absolute Gasteiger partial charge is 0.164 e. The summed E-state index contributed by atoms with van der Waals surface area (Å²) in [4.78, 5) is 2.12. The van der Waals surface area contributed by atoms with E-state index in [1.54, 1.807) is 21.3 Å². The number of hydrogen-bond acceptors (Lipinski definition) is 6. The maximum Gasteiger partial charge on any atom is 0.164 e. The van der Waals surface area contributed by atoms with Gasteiger partial charge in [0.05, 0.1) is 21.3 Å². The van der Waals surface area contributed by atoms with Crippen LogP contribution in [-0.2, 0) is 0 Å². The van der Waals surface area contributed by atoms with Crippen LogP contribution >= 0.6 is 0 Å². The first-order chi connectivity index (χ1) is 10.1. The van der Waals surface area contributed by atoms with Gasteiger partial charge in [0.15, 0.2) is 11.5 Å². The number of benzene rings is 1. The Balaban J connectivity index is 3.00. The van der Waals surface area contributed by atoms with Crippen LogP contribution in [0.1, 0.15) is 11.6 Å². The molecule has 21 heavy (non-hydrogen) atoms. The lowest BCUT2D eigenvalue weighted by Gasteiger charge is -2.22. The first-order valence-electron chi connectivity index (χ1n) is 6.95. The molecule has 6 heteroatoms. The Morgan fingerprint density at radius 2 is 1.62 bits per heavy atom. The van der Waals surface area contributed by atoms with Gasteiger partial charge in [-0.05, 0) is 20.2 Å². The molecular formula is C15H27N3O3. The Labute approximate surface area is 127 Å². The third kappa shape index (κ3) is 4.77. The molecule has 6 nitrogen and oxygen atoms in total. The highest BCUT2D eigenvalue weighted by Gasteiger charge is 2.18. The minimum Gasteiger partial charge on any atom is -0.496 e. The van der Waals surface area contributed by atoms with Gasteiger partial charge in [0.2, 0.25) is 0 Å². The largest absolute Gasteiger partial charge is 0.496 e. The molecule has 3 N–H and O–H groups in total. The highest BCUT2D eigenvalue weighted by atomic mass is 16.5. The van der Waals surface area contributed by atoms with E-state index < -0.39 is 0 Å². The van der Waals surface area contributed by atoms with Gasteiger partial charge < -0.3 is 30.2 Å². The Morgan fingerprint density at radius 1 is 1.05 bits per heavy atom. The lowest BCUT2D eigenvalue weighted by molar-refractivity contribution is 0.343. The van der Waals surface area contributed by atoms with E-state index >= 15 is 0 Å².